The molecule has 0 atom stereocenters. The summed E-state index contributed by atoms with van der Waals surface area (Å²) in [5.74, 6) is 0.0508. The van der Waals surface area contributed by atoms with E-state index in [2.05, 4.69) is 21.6 Å². The van der Waals surface area contributed by atoms with Crippen LogP contribution in [0.1, 0.15) is 30.0 Å². The second kappa shape index (κ2) is 7.56. The summed E-state index contributed by atoms with van der Waals surface area (Å²) in [7, 11) is 0. The molecule has 0 aliphatic rings. The van der Waals surface area contributed by atoms with Gasteiger partial charge in [0, 0.05) is 35.5 Å². The highest BCUT2D eigenvalue weighted by atomic mass is 35.5. The Morgan fingerprint density at radius 2 is 1.89 bits per heavy atom. The molecule has 0 aliphatic carbocycles. The van der Waals surface area contributed by atoms with E-state index < -0.39 is 0 Å². The van der Waals surface area contributed by atoms with Gasteiger partial charge in [-0.25, -0.2) is 0 Å². The topological polar surface area (TPSA) is 63.4 Å². The number of carbonyl (C=O) groups is 1. The van der Waals surface area contributed by atoms with Crippen molar-refractivity contribution >= 4 is 34.1 Å². The maximum atomic E-state index is 12.6. The monoisotopic (exact) mass is 393 g/mol. The Labute approximate surface area is 167 Å². The zero-order chi connectivity index (χ0) is 19.7. The van der Waals surface area contributed by atoms with Gasteiger partial charge in [0.2, 0.25) is 5.91 Å². The summed E-state index contributed by atoms with van der Waals surface area (Å²) in [6, 6.07) is 15.7. The molecule has 1 amide bonds. The number of carbonyl (C=O) groups excluding carboxylic acids is 1. The molecule has 2 aromatic heterocycles. The van der Waals surface area contributed by atoms with Gasteiger partial charge >= 0.3 is 0 Å². The average Bonchev–Trinajstić information content (AvgIpc) is 3.18. The van der Waals surface area contributed by atoms with Crippen LogP contribution in [0.5, 0.6) is 0 Å². The van der Waals surface area contributed by atoms with E-state index in [1.807, 2.05) is 56.3 Å². The van der Waals surface area contributed by atoms with Crippen LogP contribution in [0.4, 0.5) is 0 Å². The van der Waals surface area contributed by atoms with E-state index >= 15 is 0 Å². The van der Waals surface area contributed by atoms with Crippen LogP contribution in [0.15, 0.2) is 48.5 Å². The molecule has 0 saturated heterocycles. The lowest BCUT2D eigenvalue weighted by Gasteiger charge is -2.23. The van der Waals surface area contributed by atoms with E-state index in [1.54, 1.807) is 9.42 Å². The molecule has 4 aromatic rings. The Morgan fingerprint density at radius 1 is 1.11 bits per heavy atom. The smallest absolute Gasteiger partial charge is 0.222 e. The highest BCUT2D eigenvalue weighted by Gasteiger charge is 2.18. The summed E-state index contributed by atoms with van der Waals surface area (Å²) in [5, 5.41) is 13.9. The van der Waals surface area contributed by atoms with Crippen LogP contribution in [-0.2, 0) is 17.9 Å². The third-order valence-electron chi connectivity index (χ3n) is 4.90. The van der Waals surface area contributed by atoms with Crippen molar-refractivity contribution in [2.45, 2.75) is 33.4 Å². The first-order valence-corrected chi connectivity index (χ1v) is 9.56. The SMILES string of the molecule is CCC(=O)N(Cc1ccccc1Cl)Cc1cc2cccc(C)c2n2nnnc12. The van der Waals surface area contributed by atoms with Crippen molar-refractivity contribution < 1.29 is 4.79 Å². The molecule has 0 unspecified atom stereocenters. The molecule has 0 radical (unpaired) electrons. The van der Waals surface area contributed by atoms with E-state index in [-0.39, 0.29) is 5.91 Å². The summed E-state index contributed by atoms with van der Waals surface area (Å²) >= 11 is 6.32. The molecule has 2 aromatic carbocycles. The van der Waals surface area contributed by atoms with Crippen molar-refractivity contribution in [1.82, 2.24) is 24.9 Å². The maximum absolute atomic E-state index is 12.6. The largest absolute Gasteiger partial charge is 0.334 e. The van der Waals surface area contributed by atoms with Crippen molar-refractivity contribution in [3.63, 3.8) is 0 Å². The molecule has 0 aliphatic heterocycles. The van der Waals surface area contributed by atoms with E-state index in [0.717, 1.165) is 27.6 Å². The molecule has 0 N–H and O–H groups in total. The Morgan fingerprint density at radius 3 is 2.68 bits per heavy atom. The van der Waals surface area contributed by atoms with Crippen LogP contribution in [0.3, 0.4) is 0 Å². The predicted molar refractivity (Wildman–Crippen MR) is 109 cm³/mol. The Bertz CT molecular complexity index is 1170. The number of tetrazole rings is 1. The van der Waals surface area contributed by atoms with Crippen LogP contribution in [0.2, 0.25) is 5.02 Å². The fourth-order valence-electron chi connectivity index (χ4n) is 3.49. The first-order valence-electron chi connectivity index (χ1n) is 9.19. The molecule has 0 fully saturated rings. The molecule has 4 rings (SSSR count). The fourth-order valence-corrected chi connectivity index (χ4v) is 3.68. The van der Waals surface area contributed by atoms with Crippen molar-refractivity contribution in [2.75, 3.05) is 0 Å². The number of pyridine rings is 1. The molecule has 2 heterocycles. The zero-order valence-corrected chi connectivity index (χ0v) is 16.5. The second-order valence-electron chi connectivity index (χ2n) is 6.79. The lowest BCUT2D eigenvalue weighted by molar-refractivity contribution is -0.132. The zero-order valence-electron chi connectivity index (χ0n) is 15.8. The minimum absolute atomic E-state index is 0.0508. The van der Waals surface area contributed by atoms with E-state index in [4.69, 9.17) is 11.6 Å². The summed E-state index contributed by atoms with van der Waals surface area (Å²) in [6.45, 7) is 4.74. The van der Waals surface area contributed by atoms with Crippen LogP contribution >= 0.6 is 11.6 Å². The van der Waals surface area contributed by atoms with Crippen molar-refractivity contribution in [3.05, 3.63) is 70.2 Å². The molecular formula is C21H20ClN5O. The van der Waals surface area contributed by atoms with E-state index in [1.165, 1.54) is 0 Å². The first-order chi connectivity index (χ1) is 13.6. The van der Waals surface area contributed by atoms with E-state index in [0.29, 0.717) is 30.2 Å². The number of rotatable bonds is 5. The lowest BCUT2D eigenvalue weighted by atomic mass is 10.1. The number of aryl methyl sites for hydroxylation is 1. The van der Waals surface area contributed by atoms with Crippen molar-refractivity contribution in [1.29, 1.82) is 0 Å². The van der Waals surface area contributed by atoms with Gasteiger partial charge in [0.05, 0.1) is 5.52 Å². The normalized spacial score (nSPS) is 11.2. The minimum Gasteiger partial charge on any atom is -0.334 e. The van der Waals surface area contributed by atoms with Crippen LogP contribution in [0, 0.1) is 6.92 Å². The standard InChI is InChI=1S/C21H20ClN5O/c1-3-19(28)26(12-16-8-4-5-10-18(16)22)13-17-11-15-9-6-7-14(2)20(15)27-21(17)23-24-25-27/h4-11H,3,12-13H2,1-2H3. The van der Waals surface area contributed by atoms with Gasteiger partial charge < -0.3 is 4.90 Å². The number of aromatic nitrogens is 4. The first kappa shape index (κ1) is 18.4. The van der Waals surface area contributed by atoms with Gasteiger partial charge in [-0.3, -0.25) is 4.79 Å². The number of para-hydroxylation sites is 1. The molecule has 6 nitrogen and oxygen atoms in total. The lowest BCUT2D eigenvalue weighted by Crippen LogP contribution is -2.29. The van der Waals surface area contributed by atoms with Crippen molar-refractivity contribution in [3.8, 4) is 0 Å². The number of halogens is 1. The quantitative estimate of drug-likeness (QED) is 0.510. The van der Waals surface area contributed by atoms with Crippen LogP contribution < -0.4 is 0 Å². The van der Waals surface area contributed by atoms with Gasteiger partial charge in [0.15, 0.2) is 5.65 Å². The molecule has 28 heavy (non-hydrogen) atoms. The summed E-state index contributed by atoms with van der Waals surface area (Å²) < 4.78 is 1.75. The van der Waals surface area contributed by atoms with Gasteiger partial charge in [-0.05, 0) is 40.6 Å². The van der Waals surface area contributed by atoms with Gasteiger partial charge in [-0.15, -0.1) is 5.10 Å². The highest BCUT2D eigenvalue weighted by molar-refractivity contribution is 6.31. The molecule has 0 bridgehead atoms. The maximum Gasteiger partial charge on any atom is 0.222 e. The number of nitrogens with zero attached hydrogens (tertiary/aromatic N) is 5. The Hall–Kier alpha value is -2.99. The summed E-state index contributed by atoms with van der Waals surface area (Å²) in [4.78, 5) is 14.4. The van der Waals surface area contributed by atoms with Crippen LogP contribution in [0.25, 0.3) is 16.6 Å². The molecule has 142 valence electrons. The summed E-state index contributed by atoms with van der Waals surface area (Å²) in [5.41, 5.74) is 4.55. The highest BCUT2D eigenvalue weighted by Crippen LogP contribution is 2.24. The number of amides is 1. The second-order valence-corrected chi connectivity index (χ2v) is 7.20. The predicted octanol–water partition coefficient (Wildman–Crippen LogP) is 4.18. The van der Waals surface area contributed by atoms with Gasteiger partial charge in [0.1, 0.15) is 0 Å². The molecular weight excluding hydrogens is 374 g/mol. The van der Waals surface area contributed by atoms with Crippen LogP contribution in [-0.4, -0.2) is 30.8 Å². The third kappa shape index (κ3) is 3.31. The molecule has 7 heteroatoms. The molecule has 0 saturated carbocycles. The molecule has 0 spiro atoms. The van der Waals surface area contributed by atoms with Gasteiger partial charge in [-0.2, -0.15) is 4.52 Å². The Kier molecular flexibility index (Phi) is 4.96. The number of hydrogen-bond acceptors (Lipinski definition) is 4. The Balaban J connectivity index is 1.78. The average molecular weight is 394 g/mol. The number of hydrogen-bond donors (Lipinski definition) is 0. The van der Waals surface area contributed by atoms with E-state index in [9.17, 15) is 4.79 Å². The fraction of sp³-hybridized carbons (Fsp3) is 0.238. The number of benzene rings is 2. The van der Waals surface area contributed by atoms with Gasteiger partial charge in [0.25, 0.3) is 0 Å². The van der Waals surface area contributed by atoms with Gasteiger partial charge in [-0.1, -0.05) is 54.9 Å². The minimum atomic E-state index is 0.0508. The summed E-state index contributed by atoms with van der Waals surface area (Å²) in [6.07, 6.45) is 0.415. The number of fused-ring (bicyclic) bond motifs is 3. The third-order valence-corrected chi connectivity index (χ3v) is 5.27. The van der Waals surface area contributed by atoms with Crippen molar-refractivity contribution in [2.24, 2.45) is 0 Å².